The Morgan fingerprint density at radius 1 is 1.00 bits per heavy atom. The van der Waals surface area contributed by atoms with E-state index in [0.717, 1.165) is 6.42 Å². The summed E-state index contributed by atoms with van der Waals surface area (Å²) in [5.41, 5.74) is 2.79. The third-order valence-corrected chi connectivity index (χ3v) is 4.12. The van der Waals surface area contributed by atoms with E-state index in [-0.39, 0.29) is 19.0 Å². The fourth-order valence-electron chi connectivity index (χ4n) is 2.28. The first-order valence-corrected chi connectivity index (χ1v) is 8.05. The van der Waals surface area contributed by atoms with Crippen molar-refractivity contribution in [3.05, 3.63) is 70.8 Å². The largest absolute Gasteiger partial charge is 0.454 e. The lowest BCUT2D eigenvalue weighted by Crippen LogP contribution is -2.14. The molecule has 2 aromatic rings. The minimum atomic E-state index is -0.552. The first-order valence-electron chi connectivity index (χ1n) is 8.05. The van der Waals surface area contributed by atoms with Crippen molar-refractivity contribution in [2.24, 2.45) is 0 Å². The number of ketones is 1. The van der Waals surface area contributed by atoms with Crippen LogP contribution in [0.2, 0.25) is 0 Å². The number of hydrogen-bond donors (Lipinski definition) is 1. The van der Waals surface area contributed by atoms with Crippen molar-refractivity contribution in [1.29, 1.82) is 0 Å². The molecule has 0 radical (unpaired) electrons. The van der Waals surface area contributed by atoms with E-state index in [1.165, 1.54) is 5.56 Å². The number of hydrogen-bond acceptors (Lipinski definition) is 4. The Morgan fingerprint density at radius 2 is 1.58 bits per heavy atom. The van der Waals surface area contributed by atoms with Gasteiger partial charge >= 0.3 is 5.97 Å². The summed E-state index contributed by atoms with van der Waals surface area (Å²) in [4.78, 5) is 24.0. The number of Topliss-reactive ketones (excluding diaryl/α,β-unsaturated/α-hetero) is 1. The second kappa shape index (κ2) is 8.41. The normalized spacial score (nSPS) is 11.8. The van der Waals surface area contributed by atoms with Crippen LogP contribution in [0.25, 0.3) is 0 Å². The number of carbonyl (C=O) groups excluding carboxylic acids is 2. The molecule has 0 aromatic heterocycles. The Balaban J connectivity index is 1.93. The lowest BCUT2D eigenvalue weighted by Gasteiger charge is -2.09. The van der Waals surface area contributed by atoms with E-state index in [1.54, 1.807) is 36.4 Å². The average Bonchev–Trinajstić information content (AvgIpc) is 2.65. The molecule has 126 valence electrons. The van der Waals surface area contributed by atoms with Crippen molar-refractivity contribution < 1.29 is 19.4 Å². The maximum absolute atomic E-state index is 12.1. The monoisotopic (exact) mass is 326 g/mol. The molecule has 2 aromatic carbocycles. The summed E-state index contributed by atoms with van der Waals surface area (Å²) in [5, 5.41) is 8.98. The fourth-order valence-corrected chi connectivity index (χ4v) is 2.28. The van der Waals surface area contributed by atoms with Crippen LogP contribution < -0.4 is 0 Å². The molecule has 0 heterocycles. The molecule has 0 unspecified atom stereocenters. The first-order chi connectivity index (χ1) is 11.5. The highest BCUT2D eigenvalue weighted by molar-refractivity contribution is 5.99. The predicted octanol–water partition coefficient (Wildman–Crippen LogP) is 3.73. The topological polar surface area (TPSA) is 63.6 Å². The number of carbonyl (C=O) groups is 2. The van der Waals surface area contributed by atoms with E-state index in [9.17, 15) is 9.59 Å². The zero-order valence-electron chi connectivity index (χ0n) is 14.0. The Hall–Kier alpha value is -2.46. The second-order valence-corrected chi connectivity index (χ2v) is 5.79. The van der Waals surface area contributed by atoms with Crippen LogP contribution in [0.15, 0.2) is 48.5 Å². The van der Waals surface area contributed by atoms with Crippen LogP contribution in [-0.2, 0) is 11.3 Å². The number of ether oxygens (including phenoxy) is 1. The predicted molar refractivity (Wildman–Crippen MR) is 92.1 cm³/mol. The second-order valence-electron chi connectivity index (χ2n) is 5.79. The highest BCUT2D eigenvalue weighted by atomic mass is 16.5. The number of aliphatic hydroxyl groups excluding tert-OH is 1. The van der Waals surface area contributed by atoms with Crippen molar-refractivity contribution in [1.82, 2.24) is 0 Å². The Bertz CT molecular complexity index is 687. The molecule has 0 saturated carbocycles. The van der Waals surface area contributed by atoms with E-state index < -0.39 is 5.97 Å². The third kappa shape index (κ3) is 4.52. The molecule has 0 bridgehead atoms. The van der Waals surface area contributed by atoms with E-state index in [4.69, 9.17) is 9.84 Å². The van der Waals surface area contributed by atoms with Crippen molar-refractivity contribution >= 4 is 11.8 Å². The molecule has 0 aliphatic carbocycles. The van der Waals surface area contributed by atoms with Crippen LogP contribution in [0.4, 0.5) is 0 Å². The smallest absolute Gasteiger partial charge is 0.338 e. The highest BCUT2D eigenvalue weighted by Crippen LogP contribution is 2.19. The van der Waals surface area contributed by atoms with Crippen molar-refractivity contribution in [2.45, 2.75) is 32.8 Å². The molecule has 0 aliphatic rings. The zero-order valence-corrected chi connectivity index (χ0v) is 14.0. The molecule has 0 fully saturated rings. The Morgan fingerprint density at radius 3 is 2.12 bits per heavy atom. The molecular weight excluding hydrogens is 304 g/mol. The summed E-state index contributed by atoms with van der Waals surface area (Å²) in [6.45, 7) is 3.89. The summed E-state index contributed by atoms with van der Waals surface area (Å²) < 4.78 is 5.07. The molecule has 4 heteroatoms. The van der Waals surface area contributed by atoms with Gasteiger partial charge in [-0.25, -0.2) is 4.79 Å². The van der Waals surface area contributed by atoms with Crippen LogP contribution in [0, 0.1) is 0 Å². The summed E-state index contributed by atoms with van der Waals surface area (Å²) in [7, 11) is 0. The van der Waals surface area contributed by atoms with Gasteiger partial charge in [0, 0.05) is 5.56 Å². The summed E-state index contributed by atoms with van der Waals surface area (Å²) >= 11 is 0. The van der Waals surface area contributed by atoms with Crippen molar-refractivity contribution in [3.8, 4) is 0 Å². The highest BCUT2D eigenvalue weighted by Gasteiger charge is 2.12. The average molecular weight is 326 g/mol. The van der Waals surface area contributed by atoms with Crippen molar-refractivity contribution in [3.63, 3.8) is 0 Å². The van der Waals surface area contributed by atoms with E-state index >= 15 is 0 Å². The summed E-state index contributed by atoms with van der Waals surface area (Å²) in [5.74, 6) is -0.330. The molecule has 4 nitrogen and oxygen atoms in total. The quantitative estimate of drug-likeness (QED) is 0.622. The van der Waals surface area contributed by atoms with E-state index in [0.29, 0.717) is 22.6 Å². The maximum Gasteiger partial charge on any atom is 0.338 e. The van der Waals surface area contributed by atoms with Gasteiger partial charge in [-0.3, -0.25) is 4.79 Å². The van der Waals surface area contributed by atoms with Gasteiger partial charge in [-0.05, 0) is 35.6 Å². The molecule has 1 N–H and O–H groups in total. The summed E-state index contributed by atoms with van der Waals surface area (Å²) in [6.07, 6.45) is 1.04. The third-order valence-electron chi connectivity index (χ3n) is 4.12. The molecule has 0 saturated heterocycles. The standard InChI is InChI=1S/C20H22O4/c1-3-14(2)16-8-10-17(11-9-16)19(22)13-24-20(23)18-6-4-15(12-21)5-7-18/h4-11,14,21H,3,12-13H2,1-2H3/t14-/m1/s1. The van der Waals surface area contributed by atoms with Crippen LogP contribution in [0.1, 0.15) is 58.0 Å². The van der Waals surface area contributed by atoms with Gasteiger partial charge in [0.05, 0.1) is 12.2 Å². The SMILES string of the molecule is CC[C@@H](C)c1ccc(C(=O)COC(=O)c2ccc(CO)cc2)cc1. The zero-order chi connectivity index (χ0) is 17.5. The van der Waals surface area contributed by atoms with Gasteiger partial charge in [-0.2, -0.15) is 0 Å². The van der Waals surface area contributed by atoms with Gasteiger partial charge in [0.15, 0.2) is 12.4 Å². The Kier molecular flexibility index (Phi) is 6.27. The van der Waals surface area contributed by atoms with Gasteiger partial charge in [-0.15, -0.1) is 0 Å². The number of esters is 1. The first kappa shape index (κ1) is 17.9. The van der Waals surface area contributed by atoms with Crippen LogP contribution >= 0.6 is 0 Å². The molecule has 1 atom stereocenters. The summed E-state index contributed by atoms with van der Waals surface area (Å²) in [6, 6.07) is 13.9. The van der Waals surface area contributed by atoms with Crippen LogP contribution in [0.3, 0.4) is 0 Å². The lowest BCUT2D eigenvalue weighted by molar-refractivity contribution is 0.0474. The van der Waals surface area contributed by atoms with Gasteiger partial charge < -0.3 is 9.84 Å². The van der Waals surface area contributed by atoms with Gasteiger partial charge in [0.25, 0.3) is 0 Å². The molecule has 2 rings (SSSR count). The van der Waals surface area contributed by atoms with Gasteiger partial charge in [-0.1, -0.05) is 50.2 Å². The Labute approximate surface area is 142 Å². The number of benzene rings is 2. The number of rotatable bonds is 7. The fraction of sp³-hybridized carbons (Fsp3) is 0.300. The molecular formula is C20H22O4. The van der Waals surface area contributed by atoms with Crippen LogP contribution in [0.5, 0.6) is 0 Å². The van der Waals surface area contributed by atoms with E-state index in [1.807, 2.05) is 12.1 Å². The van der Waals surface area contributed by atoms with Crippen LogP contribution in [-0.4, -0.2) is 23.5 Å². The minimum Gasteiger partial charge on any atom is -0.454 e. The lowest BCUT2D eigenvalue weighted by atomic mass is 9.97. The molecule has 0 spiro atoms. The van der Waals surface area contributed by atoms with Gasteiger partial charge in [0.1, 0.15) is 0 Å². The van der Waals surface area contributed by atoms with Crippen molar-refractivity contribution in [2.75, 3.05) is 6.61 Å². The van der Waals surface area contributed by atoms with E-state index in [2.05, 4.69) is 13.8 Å². The molecule has 24 heavy (non-hydrogen) atoms. The number of aliphatic hydroxyl groups is 1. The van der Waals surface area contributed by atoms with Gasteiger partial charge in [0.2, 0.25) is 0 Å². The molecule has 0 aliphatic heterocycles. The maximum atomic E-state index is 12.1. The molecule has 0 amide bonds. The minimum absolute atomic E-state index is 0.0829.